The lowest BCUT2D eigenvalue weighted by Gasteiger charge is -2.41. The average Bonchev–Trinajstić information content (AvgIpc) is 2.72. The fourth-order valence-corrected chi connectivity index (χ4v) is 2.69. The number of hydrogen-bond donors (Lipinski definition) is 1. The minimum absolute atomic E-state index is 0.0484. The summed E-state index contributed by atoms with van der Waals surface area (Å²) in [5.41, 5.74) is 0.657. The van der Waals surface area contributed by atoms with E-state index in [1.165, 1.54) is 0 Å². The zero-order chi connectivity index (χ0) is 16.5. The van der Waals surface area contributed by atoms with E-state index in [-0.39, 0.29) is 18.3 Å². The first-order valence-electron chi connectivity index (χ1n) is 7.43. The van der Waals surface area contributed by atoms with Gasteiger partial charge in [0.1, 0.15) is 23.0 Å². The predicted molar refractivity (Wildman–Crippen MR) is 80.4 cm³/mol. The van der Waals surface area contributed by atoms with Gasteiger partial charge in [-0.2, -0.15) is 0 Å². The molecule has 2 rings (SSSR count). The molecule has 1 aliphatic heterocycles. The van der Waals surface area contributed by atoms with Gasteiger partial charge < -0.3 is 14.6 Å². The lowest BCUT2D eigenvalue weighted by atomic mass is 10.0. The van der Waals surface area contributed by atoms with Crippen LogP contribution in [0.4, 0.5) is 5.69 Å². The number of ether oxygens (including phenoxy) is 1. The lowest BCUT2D eigenvalue weighted by Crippen LogP contribution is -2.57. The maximum atomic E-state index is 12.2. The molecule has 0 aromatic carbocycles. The van der Waals surface area contributed by atoms with E-state index in [2.05, 4.69) is 10.5 Å². The van der Waals surface area contributed by atoms with Crippen molar-refractivity contribution < 1.29 is 18.8 Å². The Bertz CT molecular complexity index is 560. The van der Waals surface area contributed by atoms with Gasteiger partial charge in [0.15, 0.2) is 5.76 Å². The van der Waals surface area contributed by atoms with Crippen LogP contribution in [-0.2, 0) is 14.3 Å². The summed E-state index contributed by atoms with van der Waals surface area (Å²) in [6, 6.07) is -0.557. The van der Waals surface area contributed by atoms with Crippen molar-refractivity contribution in [2.75, 3.05) is 18.4 Å². The number of esters is 1. The highest BCUT2D eigenvalue weighted by Crippen LogP contribution is 2.24. The molecule has 2 heterocycles. The van der Waals surface area contributed by atoms with Crippen molar-refractivity contribution >= 4 is 17.6 Å². The van der Waals surface area contributed by atoms with Crippen LogP contribution in [0, 0.1) is 13.8 Å². The normalized spacial score (nSPS) is 21.5. The number of anilines is 1. The van der Waals surface area contributed by atoms with Gasteiger partial charge in [-0.15, -0.1) is 0 Å². The van der Waals surface area contributed by atoms with Gasteiger partial charge in [-0.3, -0.25) is 14.5 Å². The van der Waals surface area contributed by atoms with E-state index in [0.717, 1.165) is 0 Å². The summed E-state index contributed by atoms with van der Waals surface area (Å²) < 4.78 is 10.4. The predicted octanol–water partition coefficient (Wildman–Crippen LogP) is 1.65. The molecule has 0 spiro atoms. The van der Waals surface area contributed by atoms with Crippen molar-refractivity contribution in [1.82, 2.24) is 10.1 Å². The van der Waals surface area contributed by atoms with Crippen LogP contribution in [0.15, 0.2) is 4.52 Å². The number of cyclic esters (lactones) is 1. The SMILES string of the molecule is CCN1CC(C)(C)OC(=O)C1CC(=O)Nc1c(C)noc1C. The molecule has 7 heteroatoms. The van der Waals surface area contributed by atoms with Crippen LogP contribution in [-0.4, -0.2) is 46.7 Å². The Labute approximate surface area is 130 Å². The van der Waals surface area contributed by atoms with Crippen LogP contribution >= 0.6 is 0 Å². The number of likely N-dealkylation sites (N-methyl/N-ethyl adjacent to an activating group) is 1. The number of nitrogens with zero attached hydrogens (tertiary/aromatic N) is 2. The molecule has 1 aromatic heterocycles. The Balaban J connectivity index is 2.05. The van der Waals surface area contributed by atoms with Crippen molar-refractivity contribution in [2.24, 2.45) is 0 Å². The van der Waals surface area contributed by atoms with Crippen molar-refractivity contribution in [3.63, 3.8) is 0 Å². The Morgan fingerprint density at radius 2 is 2.14 bits per heavy atom. The highest BCUT2D eigenvalue weighted by atomic mass is 16.6. The third-order valence-electron chi connectivity index (χ3n) is 3.76. The zero-order valence-electron chi connectivity index (χ0n) is 13.7. The molecule has 1 unspecified atom stereocenters. The molecule has 0 radical (unpaired) electrons. The Morgan fingerprint density at radius 3 is 2.68 bits per heavy atom. The molecule has 22 heavy (non-hydrogen) atoms. The molecule has 1 amide bonds. The Morgan fingerprint density at radius 1 is 1.45 bits per heavy atom. The summed E-state index contributed by atoms with van der Waals surface area (Å²) in [6.07, 6.45) is 0.0484. The van der Waals surface area contributed by atoms with Crippen molar-refractivity contribution in [2.45, 2.75) is 52.7 Å². The quantitative estimate of drug-likeness (QED) is 0.851. The van der Waals surface area contributed by atoms with Gasteiger partial charge in [0.25, 0.3) is 0 Å². The molecule has 1 saturated heterocycles. The van der Waals surface area contributed by atoms with E-state index in [1.54, 1.807) is 13.8 Å². The third-order valence-corrected chi connectivity index (χ3v) is 3.76. The number of carbonyl (C=O) groups excluding carboxylic acids is 2. The molecule has 0 saturated carbocycles. The molecule has 7 nitrogen and oxygen atoms in total. The van der Waals surface area contributed by atoms with Gasteiger partial charge >= 0.3 is 5.97 Å². The van der Waals surface area contributed by atoms with Crippen LogP contribution in [0.3, 0.4) is 0 Å². The second-order valence-corrected chi connectivity index (χ2v) is 6.21. The molecule has 1 N–H and O–H groups in total. The zero-order valence-corrected chi connectivity index (χ0v) is 13.7. The second-order valence-electron chi connectivity index (χ2n) is 6.21. The van der Waals surface area contributed by atoms with Crippen molar-refractivity contribution in [3.8, 4) is 0 Å². The standard InChI is InChI=1S/C15H23N3O4/c1-6-18-8-15(4,5)21-14(20)11(18)7-12(19)16-13-9(2)17-22-10(13)3/h11H,6-8H2,1-5H3,(H,16,19). The lowest BCUT2D eigenvalue weighted by molar-refractivity contribution is -0.178. The summed E-state index contributed by atoms with van der Waals surface area (Å²) in [5.74, 6) is -0.0629. The number of amides is 1. The molecule has 1 aliphatic rings. The van der Waals surface area contributed by atoms with Crippen LogP contribution in [0.25, 0.3) is 0 Å². The van der Waals surface area contributed by atoms with Crippen LogP contribution in [0.2, 0.25) is 0 Å². The maximum Gasteiger partial charge on any atom is 0.324 e. The first kappa shape index (κ1) is 16.5. The van der Waals surface area contributed by atoms with Gasteiger partial charge in [-0.05, 0) is 34.2 Å². The fourth-order valence-electron chi connectivity index (χ4n) is 2.69. The molecule has 122 valence electrons. The van der Waals surface area contributed by atoms with E-state index in [1.807, 2.05) is 25.7 Å². The summed E-state index contributed by atoms with van der Waals surface area (Å²) >= 11 is 0. The second kappa shape index (κ2) is 6.08. The average molecular weight is 309 g/mol. The Kier molecular flexibility index (Phi) is 4.55. The van der Waals surface area contributed by atoms with E-state index in [9.17, 15) is 9.59 Å². The summed E-state index contributed by atoms with van der Waals surface area (Å²) in [4.78, 5) is 26.4. The highest BCUT2D eigenvalue weighted by molar-refractivity contribution is 5.95. The van der Waals surface area contributed by atoms with Crippen molar-refractivity contribution in [3.05, 3.63) is 11.5 Å². The minimum atomic E-state index is -0.557. The van der Waals surface area contributed by atoms with E-state index >= 15 is 0 Å². The molecule has 0 bridgehead atoms. The first-order valence-corrected chi connectivity index (χ1v) is 7.43. The highest BCUT2D eigenvalue weighted by Gasteiger charge is 2.40. The van der Waals surface area contributed by atoms with Gasteiger partial charge in [-0.1, -0.05) is 12.1 Å². The number of aryl methyl sites for hydroxylation is 2. The first-order chi connectivity index (χ1) is 10.2. The van der Waals surface area contributed by atoms with Gasteiger partial charge in [0.05, 0.1) is 6.42 Å². The molecule has 1 aromatic rings. The molecular formula is C15H23N3O4. The minimum Gasteiger partial charge on any atom is -0.457 e. The van der Waals surface area contributed by atoms with Gasteiger partial charge in [0, 0.05) is 6.54 Å². The number of aromatic nitrogens is 1. The Hall–Kier alpha value is -1.89. The monoisotopic (exact) mass is 309 g/mol. The van der Waals surface area contributed by atoms with Crippen LogP contribution in [0.1, 0.15) is 38.6 Å². The third kappa shape index (κ3) is 3.47. The summed E-state index contributed by atoms with van der Waals surface area (Å²) in [6.45, 7) is 10.5. The largest absolute Gasteiger partial charge is 0.457 e. The smallest absolute Gasteiger partial charge is 0.324 e. The fraction of sp³-hybridized carbons (Fsp3) is 0.667. The number of rotatable bonds is 4. The van der Waals surface area contributed by atoms with Gasteiger partial charge in [0.2, 0.25) is 5.91 Å². The number of carbonyl (C=O) groups is 2. The number of nitrogens with one attached hydrogen (secondary N) is 1. The topological polar surface area (TPSA) is 84.7 Å². The van der Waals surface area contributed by atoms with Crippen LogP contribution < -0.4 is 5.32 Å². The van der Waals surface area contributed by atoms with Crippen molar-refractivity contribution in [1.29, 1.82) is 0 Å². The summed E-state index contributed by atoms with van der Waals surface area (Å²) in [5, 5.41) is 6.55. The van der Waals surface area contributed by atoms with Crippen LogP contribution in [0.5, 0.6) is 0 Å². The molecular weight excluding hydrogens is 286 g/mol. The van der Waals surface area contributed by atoms with E-state index in [4.69, 9.17) is 9.26 Å². The molecule has 1 atom stereocenters. The molecule has 0 aliphatic carbocycles. The van der Waals surface area contributed by atoms with Gasteiger partial charge in [-0.25, -0.2) is 0 Å². The molecule has 1 fully saturated rings. The number of morpholine rings is 1. The van der Waals surface area contributed by atoms with E-state index in [0.29, 0.717) is 30.2 Å². The van der Waals surface area contributed by atoms with E-state index < -0.39 is 11.6 Å². The number of hydrogen-bond acceptors (Lipinski definition) is 6. The summed E-state index contributed by atoms with van der Waals surface area (Å²) in [7, 11) is 0. The maximum absolute atomic E-state index is 12.2.